The van der Waals surface area contributed by atoms with Crippen molar-refractivity contribution in [1.29, 1.82) is 0 Å². The van der Waals surface area contributed by atoms with Gasteiger partial charge in [0.2, 0.25) is 0 Å². The molecule has 1 atom stereocenters. The van der Waals surface area contributed by atoms with Gasteiger partial charge in [-0.3, -0.25) is 4.79 Å². The zero-order chi connectivity index (χ0) is 18.5. The van der Waals surface area contributed by atoms with Crippen molar-refractivity contribution in [3.8, 4) is 0 Å². The number of aryl methyl sites for hydroxylation is 3. The van der Waals surface area contributed by atoms with E-state index in [1.165, 1.54) is 0 Å². The second-order valence-electron chi connectivity index (χ2n) is 6.62. The summed E-state index contributed by atoms with van der Waals surface area (Å²) in [6.45, 7) is 7.37. The second kappa shape index (κ2) is 8.27. The fourth-order valence-corrected chi connectivity index (χ4v) is 3.18. The molecule has 6 nitrogen and oxygen atoms in total. The number of hydrogen-bond donors (Lipinski definition) is 2. The molecule has 0 spiro atoms. The molecular formula is C20H26N4O2. The smallest absolute Gasteiger partial charge is 0.274 e. The molecule has 1 aromatic heterocycles. The molecule has 0 aliphatic carbocycles. The van der Waals surface area contributed by atoms with E-state index in [1.54, 1.807) is 13.0 Å². The Hall–Kier alpha value is -2.47. The van der Waals surface area contributed by atoms with Gasteiger partial charge in [-0.2, -0.15) is 0 Å². The largest absolute Gasteiger partial charge is 0.376 e. The highest BCUT2D eigenvalue weighted by Gasteiger charge is 2.17. The molecule has 6 heteroatoms. The Labute approximate surface area is 154 Å². The minimum Gasteiger partial charge on any atom is -0.376 e. The first-order valence-electron chi connectivity index (χ1n) is 9.18. The second-order valence-corrected chi connectivity index (χ2v) is 6.62. The van der Waals surface area contributed by atoms with Gasteiger partial charge in [0.05, 0.1) is 6.10 Å². The van der Waals surface area contributed by atoms with Crippen LogP contribution in [0.4, 0.5) is 11.5 Å². The highest BCUT2D eigenvalue weighted by atomic mass is 16.5. The van der Waals surface area contributed by atoms with E-state index < -0.39 is 0 Å². The van der Waals surface area contributed by atoms with Crippen molar-refractivity contribution in [3.63, 3.8) is 0 Å². The Kier molecular flexibility index (Phi) is 5.83. The van der Waals surface area contributed by atoms with Crippen LogP contribution in [0.15, 0.2) is 24.3 Å². The molecule has 2 heterocycles. The summed E-state index contributed by atoms with van der Waals surface area (Å²) < 4.78 is 5.62. The standard InChI is InChI=1S/C20H26N4O2/c1-4-15-8-5-7-13(2)19(15)24-20(25)17-11-18(23-14(3)22-17)21-12-16-9-6-10-26-16/h5,7-8,11,16H,4,6,9-10,12H2,1-3H3,(H,24,25)(H,21,22,23). The maximum Gasteiger partial charge on any atom is 0.274 e. The van der Waals surface area contributed by atoms with Crippen LogP contribution in [0.5, 0.6) is 0 Å². The lowest BCUT2D eigenvalue weighted by atomic mass is 10.1. The van der Waals surface area contributed by atoms with E-state index >= 15 is 0 Å². The van der Waals surface area contributed by atoms with E-state index in [0.29, 0.717) is 23.9 Å². The van der Waals surface area contributed by atoms with Crippen LogP contribution in [0.25, 0.3) is 0 Å². The third-order valence-corrected chi connectivity index (χ3v) is 4.58. The maximum atomic E-state index is 12.7. The van der Waals surface area contributed by atoms with Crippen LogP contribution in [-0.4, -0.2) is 35.1 Å². The van der Waals surface area contributed by atoms with Crippen LogP contribution >= 0.6 is 0 Å². The molecule has 1 fully saturated rings. The fraction of sp³-hybridized carbons (Fsp3) is 0.450. The summed E-state index contributed by atoms with van der Waals surface area (Å²) in [4.78, 5) is 21.4. The quantitative estimate of drug-likeness (QED) is 0.830. The number of aromatic nitrogens is 2. The number of carbonyl (C=O) groups is 1. The van der Waals surface area contributed by atoms with Crippen LogP contribution in [-0.2, 0) is 11.2 Å². The monoisotopic (exact) mass is 354 g/mol. The first-order valence-corrected chi connectivity index (χ1v) is 9.18. The van der Waals surface area contributed by atoms with Gasteiger partial charge in [0.25, 0.3) is 5.91 Å². The fourth-order valence-electron chi connectivity index (χ4n) is 3.18. The predicted octanol–water partition coefficient (Wildman–Crippen LogP) is 3.50. The van der Waals surface area contributed by atoms with Gasteiger partial charge >= 0.3 is 0 Å². The SMILES string of the molecule is CCc1cccc(C)c1NC(=O)c1cc(NCC2CCCO2)nc(C)n1. The van der Waals surface area contributed by atoms with E-state index in [2.05, 4.69) is 27.5 Å². The summed E-state index contributed by atoms with van der Waals surface area (Å²) in [6, 6.07) is 7.73. The van der Waals surface area contributed by atoms with Crippen molar-refractivity contribution >= 4 is 17.4 Å². The number of ether oxygens (including phenoxy) is 1. The van der Waals surface area contributed by atoms with Crippen molar-refractivity contribution in [2.45, 2.75) is 46.1 Å². The maximum absolute atomic E-state index is 12.7. The van der Waals surface area contributed by atoms with Crippen LogP contribution in [0.3, 0.4) is 0 Å². The summed E-state index contributed by atoms with van der Waals surface area (Å²) in [5.74, 6) is 0.992. The predicted molar refractivity (Wildman–Crippen MR) is 103 cm³/mol. The minimum absolute atomic E-state index is 0.210. The molecular weight excluding hydrogens is 328 g/mol. The number of para-hydroxylation sites is 1. The number of nitrogens with zero attached hydrogens (tertiary/aromatic N) is 2. The van der Waals surface area contributed by atoms with Crippen molar-refractivity contribution < 1.29 is 9.53 Å². The summed E-state index contributed by atoms with van der Waals surface area (Å²) in [6.07, 6.45) is 3.21. The van der Waals surface area contributed by atoms with Gasteiger partial charge in [-0.05, 0) is 44.2 Å². The van der Waals surface area contributed by atoms with Gasteiger partial charge < -0.3 is 15.4 Å². The van der Waals surface area contributed by atoms with Crippen LogP contribution in [0, 0.1) is 13.8 Å². The zero-order valence-electron chi connectivity index (χ0n) is 15.6. The van der Waals surface area contributed by atoms with Crippen molar-refractivity contribution in [1.82, 2.24) is 9.97 Å². The van der Waals surface area contributed by atoms with Crippen LogP contribution in [0.2, 0.25) is 0 Å². The zero-order valence-corrected chi connectivity index (χ0v) is 15.6. The average molecular weight is 354 g/mol. The van der Waals surface area contributed by atoms with E-state index in [9.17, 15) is 4.79 Å². The van der Waals surface area contributed by atoms with Gasteiger partial charge in [0.15, 0.2) is 0 Å². The first-order chi connectivity index (χ1) is 12.6. The van der Waals surface area contributed by atoms with Gasteiger partial charge in [-0.1, -0.05) is 25.1 Å². The van der Waals surface area contributed by atoms with E-state index in [1.807, 2.05) is 25.1 Å². The van der Waals surface area contributed by atoms with Gasteiger partial charge in [-0.25, -0.2) is 9.97 Å². The number of benzene rings is 1. The average Bonchev–Trinajstić information content (AvgIpc) is 3.14. The Morgan fingerprint density at radius 2 is 2.15 bits per heavy atom. The van der Waals surface area contributed by atoms with E-state index in [4.69, 9.17) is 4.74 Å². The molecule has 1 aliphatic heterocycles. The minimum atomic E-state index is -0.223. The molecule has 0 radical (unpaired) electrons. The summed E-state index contributed by atoms with van der Waals surface area (Å²) in [5.41, 5.74) is 3.38. The summed E-state index contributed by atoms with van der Waals surface area (Å²) in [5, 5.41) is 6.28. The highest BCUT2D eigenvalue weighted by Crippen LogP contribution is 2.22. The van der Waals surface area contributed by atoms with E-state index in [0.717, 1.165) is 42.7 Å². The number of nitrogens with one attached hydrogen (secondary N) is 2. The molecule has 1 amide bonds. The normalized spacial score (nSPS) is 16.5. The number of anilines is 2. The Bertz CT molecular complexity index is 785. The molecule has 2 N–H and O–H groups in total. The molecule has 2 aromatic rings. The third kappa shape index (κ3) is 4.38. The third-order valence-electron chi connectivity index (χ3n) is 4.58. The highest BCUT2D eigenvalue weighted by molar-refractivity contribution is 6.04. The first kappa shape index (κ1) is 18.3. The molecule has 1 aliphatic rings. The lowest BCUT2D eigenvalue weighted by molar-refractivity contribution is 0.102. The Morgan fingerprint density at radius 1 is 1.31 bits per heavy atom. The molecule has 26 heavy (non-hydrogen) atoms. The number of hydrogen-bond acceptors (Lipinski definition) is 5. The van der Waals surface area contributed by atoms with Crippen molar-refractivity contribution in [2.75, 3.05) is 23.8 Å². The lowest BCUT2D eigenvalue weighted by Gasteiger charge is -2.14. The van der Waals surface area contributed by atoms with Gasteiger partial charge in [0.1, 0.15) is 17.3 Å². The number of carbonyl (C=O) groups excluding carboxylic acids is 1. The Balaban J connectivity index is 1.75. The molecule has 0 saturated carbocycles. The van der Waals surface area contributed by atoms with E-state index in [-0.39, 0.29) is 12.0 Å². The van der Waals surface area contributed by atoms with Gasteiger partial charge in [-0.15, -0.1) is 0 Å². The van der Waals surface area contributed by atoms with Crippen molar-refractivity contribution in [3.05, 3.63) is 46.9 Å². The topological polar surface area (TPSA) is 76.1 Å². The Morgan fingerprint density at radius 3 is 2.88 bits per heavy atom. The molecule has 1 unspecified atom stereocenters. The number of rotatable bonds is 6. The van der Waals surface area contributed by atoms with Crippen LogP contribution < -0.4 is 10.6 Å². The molecule has 1 saturated heterocycles. The van der Waals surface area contributed by atoms with Crippen molar-refractivity contribution in [2.24, 2.45) is 0 Å². The summed E-state index contributed by atoms with van der Waals surface area (Å²) >= 11 is 0. The molecule has 3 rings (SSSR count). The van der Waals surface area contributed by atoms with Crippen LogP contribution in [0.1, 0.15) is 47.2 Å². The molecule has 138 valence electrons. The molecule has 0 bridgehead atoms. The van der Waals surface area contributed by atoms with Gasteiger partial charge in [0, 0.05) is 24.9 Å². The molecule has 1 aromatic carbocycles. The summed E-state index contributed by atoms with van der Waals surface area (Å²) in [7, 11) is 0. The number of amides is 1. The lowest BCUT2D eigenvalue weighted by Crippen LogP contribution is -2.21.